The fraction of sp³-hybridized carbons (Fsp3) is 0.143. The fourth-order valence-corrected chi connectivity index (χ4v) is 2.52. The molecule has 0 saturated heterocycles. The summed E-state index contributed by atoms with van der Waals surface area (Å²) in [5.74, 6) is 1.75. The largest absolute Gasteiger partial charge is 0.353 e. The van der Waals surface area contributed by atoms with Gasteiger partial charge >= 0.3 is 0 Å². The van der Waals surface area contributed by atoms with E-state index in [0.29, 0.717) is 29.2 Å². The van der Waals surface area contributed by atoms with Crippen LogP contribution in [-0.4, -0.2) is 20.2 Å². The first-order valence-corrected chi connectivity index (χ1v) is 7.83. The minimum Gasteiger partial charge on any atom is -0.353 e. The number of aromatic nitrogens is 3. The second-order valence-corrected chi connectivity index (χ2v) is 5.87. The van der Waals surface area contributed by atoms with Crippen LogP contribution in [0.15, 0.2) is 40.4 Å². The second-order valence-electron chi connectivity index (χ2n) is 4.52. The van der Waals surface area contributed by atoms with Crippen LogP contribution in [0.2, 0.25) is 0 Å². The molecule has 0 aliphatic carbocycles. The van der Waals surface area contributed by atoms with Gasteiger partial charge in [-0.1, -0.05) is 17.3 Å². The number of thiophene rings is 1. The number of anilines is 1. The molecular formula is C14H13N5OS2. The summed E-state index contributed by atoms with van der Waals surface area (Å²) in [5.41, 5.74) is 1.09. The van der Waals surface area contributed by atoms with Crippen LogP contribution in [0.4, 0.5) is 5.82 Å². The molecule has 0 spiro atoms. The summed E-state index contributed by atoms with van der Waals surface area (Å²) < 4.78 is 5.18. The quantitative estimate of drug-likeness (QED) is 0.712. The smallest absolute Gasteiger partial charge is 0.246 e. The van der Waals surface area contributed by atoms with Gasteiger partial charge in [-0.2, -0.15) is 4.98 Å². The van der Waals surface area contributed by atoms with Gasteiger partial charge in [-0.05, 0) is 42.2 Å². The van der Waals surface area contributed by atoms with Crippen molar-refractivity contribution in [3.8, 4) is 10.7 Å². The molecule has 3 heterocycles. The van der Waals surface area contributed by atoms with Crippen molar-refractivity contribution in [2.75, 3.05) is 5.32 Å². The molecule has 2 N–H and O–H groups in total. The Hall–Kier alpha value is -2.32. The van der Waals surface area contributed by atoms with E-state index >= 15 is 0 Å². The molecule has 0 bridgehead atoms. The van der Waals surface area contributed by atoms with E-state index in [0.717, 1.165) is 10.4 Å². The topological polar surface area (TPSA) is 75.9 Å². The van der Waals surface area contributed by atoms with Crippen LogP contribution in [0, 0.1) is 6.92 Å². The molecule has 0 amide bonds. The monoisotopic (exact) mass is 331 g/mol. The SMILES string of the molecule is Cc1ccc(NC(=S)NCc2nc(-c3cccs3)no2)nc1. The van der Waals surface area contributed by atoms with Gasteiger partial charge in [0.15, 0.2) is 5.11 Å². The lowest BCUT2D eigenvalue weighted by molar-refractivity contribution is 0.376. The minimum atomic E-state index is 0.357. The van der Waals surface area contributed by atoms with Gasteiger partial charge in [0.2, 0.25) is 11.7 Å². The lowest BCUT2D eigenvalue weighted by Gasteiger charge is -2.07. The number of nitrogens with zero attached hydrogens (tertiary/aromatic N) is 3. The number of rotatable bonds is 4. The van der Waals surface area contributed by atoms with Crippen LogP contribution in [-0.2, 0) is 6.54 Å². The number of nitrogens with one attached hydrogen (secondary N) is 2. The predicted molar refractivity (Wildman–Crippen MR) is 89.6 cm³/mol. The molecule has 0 aliphatic rings. The van der Waals surface area contributed by atoms with E-state index in [9.17, 15) is 0 Å². The van der Waals surface area contributed by atoms with Crippen molar-refractivity contribution in [1.82, 2.24) is 20.4 Å². The summed E-state index contributed by atoms with van der Waals surface area (Å²) in [7, 11) is 0. The number of hydrogen-bond acceptors (Lipinski definition) is 6. The van der Waals surface area contributed by atoms with E-state index in [1.165, 1.54) is 0 Å². The van der Waals surface area contributed by atoms with Crippen LogP contribution in [0.3, 0.4) is 0 Å². The lowest BCUT2D eigenvalue weighted by Crippen LogP contribution is -2.28. The summed E-state index contributed by atoms with van der Waals surface area (Å²) >= 11 is 6.77. The first-order chi connectivity index (χ1) is 10.7. The average molecular weight is 331 g/mol. The van der Waals surface area contributed by atoms with Crippen molar-refractivity contribution in [3.05, 3.63) is 47.3 Å². The van der Waals surface area contributed by atoms with Crippen LogP contribution in [0.25, 0.3) is 10.7 Å². The van der Waals surface area contributed by atoms with E-state index in [2.05, 4.69) is 25.8 Å². The molecule has 22 heavy (non-hydrogen) atoms. The first-order valence-electron chi connectivity index (χ1n) is 6.55. The highest BCUT2D eigenvalue weighted by Crippen LogP contribution is 2.21. The van der Waals surface area contributed by atoms with Gasteiger partial charge in [-0.25, -0.2) is 4.98 Å². The molecule has 0 aromatic carbocycles. The van der Waals surface area contributed by atoms with E-state index in [1.807, 2.05) is 36.6 Å². The summed E-state index contributed by atoms with van der Waals surface area (Å²) in [6.07, 6.45) is 1.77. The Kier molecular flexibility index (Phi) is 4.40. The van der Waals surface area contributed by atoms with Crippen molar-refractivity contribution in [1.29, 1.82) is 0 Å². The van der Waals surface area contributed by atoms with Gasteiger partial charge in [0.05, 0.1) is 11.4 Å². The van der Waals surface area contributed by atoms with Gasteiger partial charge in [-0.3, -0.25) is 0 Å². The summed E-state index contributed by atoms with van der Waals surface area (Å²) in [4.78, 5) is 9.50. The normalized spacial score (nSPS) is 10.4. The van der Waals surface area contributed by atoms with E-state index in [4.69, 9.17) is 16.7 Å². The van der Waals surface area contributed by atoms with Gasteiger partial charge in [-0.15, -0.1) is 11.3 Å². The molecule has 6 nitrogen and oxygen atoms in total. The number of thiocarbonyl (C=S) groups is 1. The molecule has 3 aromatic rings. The molecule has 0 saturated carbocycles. The Morgan fingerprint density at radius 2 is 2.27 bits per heavy atom. The predicted octanol–water partition coefficient (Wildman–Crippen LogP) is 2.99. The molecule has 3 rings (SSSR count). The Bertz CT molecular complexity index is 752. The third kappa shape index (κ3) is 3.66. The third-order valence-electron chi connectivity index (χ3n) is 2.76. The summed E-state index contributed by atoms with van der Waals surface area (Å²) in [5, 5.41) is 12.4. The molecular weight excluding hydrogens is 318 g/mol. The Morgan fingerprint density at radius 3 is 3.00 bits per heavy atom. The van der Waals surface area contributed by atoms with Crippen molar-refractivity contribution >= 4 is 34.5 Å². The van der Waals surface area contributed by atoms with Gasteiger partial charge < -0.3 is 15.2 Å². The van der Waals surface area contributed by atoms with E-state index < -0.39 is 0 Å². The van der Waals surface area contributed by atoms with Crippen molar-refractivity contribution in [2.24, 2.45) is 0 Å². The zero-order valence-corrected chi connectivity index (χ0v) is 13.4. The number of hydrogen-bond donors (Lipinski definition) is 2. The lowest BCUT2D eigenvalue weighted by atomic mass is 10.3. The molecule has 0 fully saturated rings. The Balaban J connectivity index is 1.54. The molecule has 0 atom stereocenters. The van der Waals surface area contributed by atoms with Gasteiger partial charge in [0.1, 0.15) is 5.82 Å². The number of pyridine rings is 1. The zero-order valence-electron chi connectivity index (χ0n) is 11.7. The Morgan fingerprint density at radius 1 is 1.36 bits per heavy atom. The maximum Gasteiger partial charge on any atom is 0.246 e. The molecule has 0 aliphatic heterocycles. The maximum absolute atomic E-state index is 5.20. The molecule has 8 heteroatoms. The molecule has 0 radical (unpaired) electrons. The molecule has 112 valence electrons. The van der Waals surface area contributed by atoms with Crippen molar-refractivity contribution in [3.63, 3.8) is 0 Å². The second kappa shape index (κ2) is 6.63. The van der Waals surface area contributed by atoms with Gasteiger partial charge in [0, 0.05) is 6.20 Å². The van der Waals surface area contributed by atoms with Crippen molar-refractivity contribution in [2.45, 2.75) is 13.5 Å². The fourth-order valence-electron chi connectivity index (χ4n) is 1.69. The van der Waals surface area contributed by atoms with Crippen LogP contribution >= 0.6 is 23.6 Å². The zero-order chi connectivity index (χ0) is 15.4. The van der Waals surface area contributed by atoms with Crippen LogP contribution in [0.1, 0.15) is 11.5 Å². The third-order valence-corrected chi connectivity index (χ3v) is 3.87. The molecule has 3 aromatic heterocycles. The first kappa shape index (κ1) is 14.6. The summed E-state index contributed by atoms with van der Waals surface area (Å²) in [6.45, 7) is 2.34. The minimum absolute atomic E-state index is 0.357. The standard InChI is InChI=1S/C14H13N5OS2/c1-9-4-5-11(15-7-9)17-14(21)16-8-12-18-13(19-20-12)10-3-2-6-22-10/h2-7H,8H2,1H3,(H2,15,16,17,21). The Labute approximate surface area is 136 Å². The van der Waals surface area contributed by atoms with Crippen molar-refractivity contribution < 1.29 is 4.52 Å². The van der Waals surface area contributed by atoms with Crippen LogP contribution in [0.5, 0.6) is 0 Å². The van der Waals surface area contributed by atoms with Gasteiger partial charge in [0.25, 0.3) is 0 Å². The average Bonchev–Trinajstić information content (AvgIpc) is 3.18. The summed E-state index contributed by atoms with van der Waals surface area (Å²) in [6, 6.07) is 7.72. The highest BCUT2D eigenvalue weighted by molar-refractivity contribution is 7.80. The maximum atomic E-state index is 5.20. The molecule has 0 unspecified atom stereocenters. The van der Waals surface area contributed by atoms with E-state index in [1.54, 1.807) is 17.5 Å². The highest BCUT2D eigenvalue weighted by atomic mass is 32.1. The highest BCUT2D eigenvalue weighted by Gasteiger charge is 2.09. The van der Waals surface area contributed by atoms with Crippen LogP contribution < -0.4 is 10.6 Å². The van der Waals surface area contributed by atoms with E-state index in [-0.39, 0.29) is 0 Å². The number of aryl methyl sites for hydroxylation is 1.